The summed E-state index contributed by atoms with van der Waals surface area (Å²) in [6.07, 6.45) is 4.96. The van der Waals surface area contributed by atoms with Gasteiger partial charge in [0, 0.05) is 24.5 Å². The van der Waals surface area contributed by atoms with Crippen LogP contribution in [0.25, 0.3) is 5.76 Å². The first-order chi connectivity index (χ1) is 17.2. The first-order valence-corrected chi connectivity index (χ1v) is 11.8. The highest BCUT2D eigenvalue weighted by Gasteiger charge is 2.46. The summed E-state index contributed by atoms with van der Waals surface area (Å²) >= 11 is 0. The molecular formula is C30H30N2O4. The van der Waals surface area contributed by atoms with Crippen LogP contribution in [-0.2, 0) is 21.5 Å². The van der Waals surface area contributed by atoms with Gasteiger partial charge in [-0.15, -0.1) is 0 Å². The molecule has 1 saturated heterocycles. The Kier molecular flexibility index (Phi) is 7.06. The summed E-state index contributed by atoms with van der Waals surface area (Å²) in [7, 11) is 0. The Morgan fingerprint density at radius 1 is 1.08 bits per heavy atom. The second-order valence-corrected chi connectivity index (χ2v) is 9.78. The number of aliphatic hydroxyl groups excluding tert-OH is 1. The second-order valence-electron chi connectivity index (χ2n) is 9.78. The highest BCUT2D eigenvalue weighted by molar-refractivity contribution is 6.46. The number of amides is 1. The number of carbonyl (C=O) groups is 2. The highest BCUT2D eigenvalue weighted by Crippen LogP contribution is 2.41. The van der Waals surface area contributed by atoms with E-state index in [-0.39, 0.29) is 23.3 Å². The number of aliphatic hydroxyl groups is 1. The molecule has 1 aliphatic heterocycles. The van der Waals surface area contributed by atoms with Gasteiger partial charge in [0.05, 0.1) is 11.6 Å². The van der Waals surface area contributed by atoms with Crippen molar-refractivity contribution in [3.8, 4) is 5.75 Å². The first kappa shape index (κ1) is 24.9. The van der Waals surface area contributed by atoms with Crippen molar-refractivity contribution in [1.29, 1.82) is 0 Å². The van der Waals surface area contributed by atoms with Crippen LogP contribution in [-0.4, -0.2) is 33.3 Å². The molecule has 0 unspecified atom stereocenters. The number of ketones is 1. The Balaban J connectivity index is 1.80. The fourth-order valence-electron chi connectivity index (χ4n) is 4.26. The van der Waals surface area contributed by atoms with Gasteiger partial charge in [-0.25, -0.2) is 0 Å². The lowest BCUT2D eigenvalue weighted by molar-refractivity contribution is -0.140. The quantitative estimate of drug-likeness (QED) is 0.206. The number of aromatic nitrogens is 1. The van der Waals surface area contributed by atoms with Crippen molar-refractivity contribution in [3.63, 3.8) is 0 Å². The maximum absolute atomic E-state index is 13.3. The molecule has 2 aromatic carbocycles. The van der Waals surface area contributed by atoms with E-state index in [1.165, 1.54) is 4.90 Å². The molecule has 4 rings (SSSR count). The van der Waals surface area contributed by atoms with Crippen LogP contribution >= 0.6 is 0 Å². The molecule has 0 radical (unpaired) electrons. The largest absolute Gasteiger partial charge is 0.507 e. The monoisotopic (exact) mass is 482 g/mol. The van der Waals surface area contributed by atoms with Crippen molar-refractivity contribution in [2.24, 2.45) is 0 Å². The molecule has 3 aromatic rings. The van der Waals surface area contributed by atoms with Crippen molar-refractivity contribution in [3.05, 3.63) is 114 Å². The Labute approximate surface area is 211 Å². The summed E-state index contributed by atoms with van der Waals surface area (Å²) in [6, 6.07) is 17.5. The molecule has 1 fully saturated rings. The number of ether oxygens (including phenoxy) is 1. The fourth-order valence-corrected chi connectivity index (χ4v) is 4.26. The molecule has 6 heteroatoms. The van der Waals surface area contributed by atoms with E-state index in [1.807, 2.05) is 30.3 Å². The minimum Gasteiger partial charge on any atom is -0.507 e. The number of hydrogen-bond acceptors (Lipinski definition) is 5. The van der Waals surface area contributed by atoms with E-state index in [9.17, 15) is 14.7 Å². The predicted molar refractivity (Wildman–Crippen MR) is 139 cm³/mol. The Morgan fingerprint density at radius 2 is 1.78 bits per heavy atom. The maximum atomic E-state index is 13.3. The van der Waals surface area contributed by atoms with Crippen LogP contribution in [0.4, 0.5) is 0 Å². The van der Waals surface area contributed by atoms with Gasteiger partial charge in [0.2, 0.25) is 0 Å². The summed E-state index contributed by atoms with van der Waals surface area (Å²) < 4.78 is 5.52. The minimum absolute atomic E-state index is 0.0501. The van der Waals surface area contributed by atoms with Crippen LogP contribution in [0.2, 0.25) is 0 Å². The molecule has 6 nitrogen and oxygen atoms in total. The number of rotatable bonds is 7. The second kappa shape index (κ2) is 10.2. The van der Waals surface area contributed by atoms with E-state index in [0.29, 0.717) is 17.9 Å². The van der Waals surface area contributed by atoms with Gasteiger partial charge in [-0.1, -0.05) is 63.8 Å². The number of Topliss-reactive ketones (excluding diaryl/α,β-unsaturated/α-hetero) is 1. The van der Waals surface area contributed by atoms with E-state index < -0.39 is 17.7 Å². The zero-order valence-corrected chi connectivity index (χ0v) is 20.8. The topological polar surface area (TPSA) is 79.7 Å². The van der Waals surface area contributed by atoms with Crippen LogP contribution in [0.15, 0.2) is 91.3 Å². The maximum Gasteiger partial charge on any atom is 0.295 e. The zero-order valence-electron chi connectivity index (χ0n) is 20.8. The normalized spacial score (nSPS) is 17.3. The molecule has 1 atom stereocenters. The van der Waals surface area contributed by atoms with Crippen molar-refractivity contribution < 1.29 is 19.4 Å². The molecule has 2 heterocycles. The van der Waals surface area contributed by atoms with E-state index in [2.05, 4.69) is 32.3 Å². The molecule has 1 aromatic heterocycles. The van der Waals surface area contributed by atoms with Gasteiger partial charge in [0.15, 0.2) is 0 Å². The smallest absolute Gasteiger partial charge is 0.295 e. The zero-order chi connectivity index (χ0) is 25.9. The lowest BCUT2D eigenvalue weighted by atomic mass is 9.85. The van der Waals surface area contributed by atoms with Gasteiger partial charge in [-0.2, -0.15) is 0 Å². The number of pyridine rings is 1. The van der Waals surface area contributed by atoms with Gasteiger partial charge in [-0.3, -0.25) is 14.6 Å². The van der Waals surface area contributed by atoms with Crippen molar-refractivity contribution in [1.82, 2.24) is 9.88 Å². The number of carbonyl (C=O) groups excluding carboxylic acids is 2. The third-order valence-electron chi connectivity index (χ3n) is 6.20. The van der Waals surface area contributed by atoms with Crippen LogP contribution in [0.1, 0.15) is 49.1 Å². The third kappa shape index (κ3) is 5.08. The summed E-state index contributed by atoms with van der Waals surface area (Å²) in [5, 5.41) is 11.3. The van der Waals surface area contributed by atoms with Gasteiger partial charge in [0.25, 0.3) is 11.7 Å². The molecule has 1 aliphatic rings. The number of hydrogen-bond donors (Lipinski definition) is 1. The average molecular weight is 483 g/mol. The van der Waals surface area contributed by atoms with Gasteiger partial charge in [-0.05, 0) is 52.4 Å². The van der Waals surface area contributed by atoms with Crippen LogP contribution in [0, 0.1) is 0 Å². The molecule has 0 bridgehead atoms. The molecule has 0 spiro atoms. The van der Waals surface area contributed by atoms with Crippen molar-refractivity contribution >= 4 is 17.4 Å². The van der Waals surface area contributed by atoms with Gasteiger partial charge < -0.3 is 14.7 Å². The molecule has 0 saturated carbocycles. The van der Waals surface area contributed by atoms with Crippen molar-refractivity contribution in [2.75, 3.05) is 6.61 Å². The molecule has 1 amide bonds. The number of likely N-dealkylation sites (tertiary alicyclic amines) is 1. The molecule has 1 N–H and O–H groups in total. The summed E-state index contributed by atoms with van der Waals surface area (Å²) in [6.45, 7) is 10.5. The molecule has 0 aliphatic carbocycles. The Morgan fingerprint density at radius 3 is 2.36 bits per heavy atom. The lowest BCUT2D eigenvalue weighted by Gasteiger charge is -2.26. The van der Waals surface area contributed by atoms with E-state index in [1.54, 1.807) is 48.8 Å². The lowest BCUT2D eigenvalue weighted by Crippen LogP contribution is -2.29. The van der Waals surface area contributed by atoms with Crippen LogP contribution < -0.4 is 4.74 Å². The average Bonchev–Trinajstić information content (AvgIpc) is 3.12. The van der Waals surface area contributed by atoms with Crippen LogP contribution in [0.3, 0.4) is 0 Å². The SMILES string of the molecule is C=CCOc1ccc(/C(O)=C2\C(=O)C(=O)N(Cc3cccnc3)[C@@H]2c2ccc(C(C)(C)C)cc2)cc1. The van der Waals surface area contributed by atoms with E-state index >= 15 is 0 Å². The predicted octanol–water partition coefficient (Wildman–Crippen LogP) is 5.57. The summed E-state index contributed by atoms with van der Waals surface area (Å²) in [5.41, 5.74) is 3.11. The first-order valence-electron chi connectivity index (χ1n) is 11.8. The molecular weight excluding hydrogens is 452 g/mol. The third-order valence-corrected chi connectivity index (χ3v) is 6.20. The Bertz CT molecular complexity index is 1290. The standard InChI is InChI=1S/C30H30N2O4/c1-5-17-36-24-14-10-22(11-15-24)27(33)25-26(21-8-12-23(13-9-21)30(2,3)4)32(29(35)28(25)34)19-20-7-6-16-31-18-20/h5-16,18,26,33H,1,17,19H2,2-4H3/b27-25+/t26-/m1/s1. The summed E-state index contributed by atoms with van der Waals surface area (Å²) in [5.74, 6) is -0.982. The van der Waals surface area contributed by atoms with E-state index in [0.717, 1.165) is 16.7 Å². The van der Waals surface area contributed by atoms with Crippen molar-refractivity contribution in [2.45, 2.75) is 38.8 Å². The van der Waals surface area contributed by atoms with Crippen LogP contribution in [0.5, 0.6) is 5.75 Å². The van der Waals surface area contributed by atoms with Gasteiger partial charge in [0.1, 0.15) is 18.1 Å². The molecule has 184 valence electrons. The molecule has 36 heavy (non-hydrogen) atoms. The minimum atomic E-state index is -0.740. The number of benzene rings is 2. The number of nitrogens with zero attached hydrogens (tertiary/aromatic N) is 2. The Hall–Kier alpha value is -4.19. The summed E-state index contributed by atoms with van der Waals surface area (Å²) in [4.78, 5) is 32.1. The van der Waals surface area contributed by atoms with E-state index in [4.69, 9.17) is 4.74 Å². The fraction of sp³-hybridized carbons (Fsp3) is 0.233. The highest BCUT2D eigenvalue weighted by atomic mass is 16.5. The van der Waals surface area contributed by atoms with Gasteiger partial charge >= 0.3 is 0 Å².